The highest BCUT2D eigenvalue weighted by atomic mass is 19.1. The SMILES string of the molecule is NC(c1ccoc1)c1cc2cc(F)ccc2o1. The van der Waals surface area contributed by atoms with Crippen molar-refractivity contribution in [3.05, 3.63) is 60.0 Å². The highest BCUT2D eigenvalue weighted by molar-refractivity contribution is 5.78. The van der Waals surface area contributed by atoms with Crippen LogP contribution in [-0.4, -0.2) is 0 Å². The fourth-order valence-corrected chi connectivity index (χ4v) is 1.80. The molecule has 2 heterocycles. The van der Waals surface area contributed by atoms with Gasteiger partial charge in [0.25, 0.3) is 0 Å². The number of furan rings is 2. The van der Waals surface area contributed by atoms with E-state index in [1.807, 2.05) is 0 Å². The van der Waals surface area contributed by atoms with Gasteiger partial charge in [-0.05, 0) is 30.3 Å². The van der Waals surface area contributed by atoms with E-state index in [9.17, 15) is 4.39 Å². The molecule has 86 valence electrons. The predicted molar refractivity (Wildman–Crippen MR) is 60.9 cm³/mol. The minimum Gasteiger partial charge on any atom is -0.472 e. The molecular formula is C13H10FNO2. The molecule has 2 N–H and O–H groups in total. The van der Waals surface area contributed by atoms with E-state index in [0.717, 1.165) is 5.56 Å². The highest BCUT2D eigenvalue weighted by Gasteiger charge is 2.15. The first kappa shape index (κ1) is 10.1. The van der Waals surface area contributed by atoms with Crippen LogP contribution in [0.3, 0.4) is 0 Å². The monoisotopic (exact) mass is 231 g/mol. The lowest BCUT2D eigenvalue weighted by Gasteiger charge is -2.03. The van der Waals surface area contributed by atoms with Crippen LogP contribution in [0.25, 0.3) is 11.0 Å². The number of rotatable bonds is 2. The predicted octanol–water partition coefficient (Wildman–Crippen LogP) is 3.21. The summed E-state index contributed by atoms with van der Waals surface area (Å²) >= 11 is 0. The van der Waals surface area contributed by atoms with Crippen molar-refractivity contribution in [3.63, 3.8) is 0 Å². The molecule has 3 rings (SSSR count). The quantitative estimate of drug-likeness (QED) is 0.736. The van der Waals surface area contributed by atoms with Crippen molar-refractivity contribution in [1.82, 2.24) is 0 Å². The number of benzene rings is 1. The molecular weight excluding hydrogens is 221 g/mol. The average molecular weight is 231 g/mol. The molecule has 1 aromatic carbocycles. The molecule has 0 aliphatic heterocycles. The maximum absolute atomic E-state index is 13.0. The Morgan fingerprint density at radius 3 is 2.82 bits per heavy atom. The lowest BCUT2D eigenvalue weighted by Crippen LogP contribution is -2.09. The Hall–Kier alpha value is -2.07. The summed E-state index contributed by atoms with van der Waals surface area (Å²) in [4.78, 5) is 0. The Labute approximate surface area is 96.6 Å². The van der Waals surface area contributed by atoms with Crippen LogP contribution < -0.4 is 5.73 Å². The van der Waals surface area contributed by atoms with Gasteiger partial charge in [0, 0.05) is 10.9 Å². The van der Waals surface area contributed by atoms with Gasteiger partial charge in [0.1, 0.15) is 17.2 Å². The van der Waals surface area contributed by atoms with Gasteiger partial charge < -0.3 is 14.6 Å². The number of fused-ring (bicyclic) bond motifs is 1. The van der Waals surface area contributed by atoms with Gasteiger partial charge in [-0.15, -0.1) is 0 Å². The van der Waals surface area contributed by atoms with E-state index in [0.29, 0.717) is 16.7 Å². The zero-order valence-electron chi connectivity index (χ0n) is 8.89. The van der Waals surface area contributed by atoms with E-state index in [2.05, 4.69) is 0 Å². The van der Waals surface area contributed by atoms with Crippen LogP contribution in [0.2, 0.25) is 0 Å². The van der Waals surface area contributed by atoms with Gasteiger partial charge in [-0.1, -0.05) is 0 Å². The molecule has 0 bridgehead atoms. The first-order valence-electron chi connectivity index (χ1n) is 5.21. The highest BCUT2D eigenvalue weighted by Crippen LogP contribution is 2.27. The van der Waals surface area contributed by atoms with Crippen LogP contribution >= 0.6 is 0 Å². The maximum atomic E-state index is 13.0. The van der Waals surface area contributed by atoms with Crippen molar-refractivity contribution in [2.75, 3.05) is 0 Å². The zero-order chi connectivity index (χ0) is 11.8. The Bertz CT molecular complexity index is 643. The first-order valence-corrected chi connectivity index (χ1v) is 5.21. The van der Waals surface area contributed by atoms with Gasteiger partial charge in [-0.3, -0.25) is 0 Å². The molecule has 2 aromatic heterocycles. The van der Waals surface area contributed by atoms with E-state index in [1.165, 1.54) is 12.1 Å². The topological polar surface area (TPSA) is 52.3 Å². The second kappa shape index (κ2) is 3.75. The van der Waals surface area contributed by atoms with Crippen molar-refractivity contribution < 1.29 is 13.2 Å². The van der Waals surface area contributed by atoms with Gasteiger partial charge in [0.15, 0.2) is 0 Å². The number of hydrogen-bond acceptors (Lipinski definition) is 3. The van der Waals surface area contributed by atoms with Crippen molar-refractivity contribution in [2.24, 2.45) is 5.73 Å². The zero-order valence-corrected chi connectivity index (χ0v) is 8.89. The van der Waals surface area contributed by atoms with Gasteiger partial charge >= 0.3 is 0 Å². The summed E-state index contributed by atoms with van der Waals surface area (Å²) in [6.07, 6.45) is 3.12. The van der Waals surface area contributed by atoms with E-state index >= 15 is 0 Å². The first-order chi connectivity index (χ1) is 8.24. The molecule has 0 fully saturated rings. The Balaban J connectivity index is 2.06. The molecule has 0 aliphatic carbocycles. The third-order valence-corrected chi connectivity index (χ3v) is 2.71. The molecule has 17 heavy (non-hydrogen) atoms. The van der Waals surface area contributed by atoms with Gasteiger partial charge in [0.2, 0.25) is 0 Å². The third kappa shape index (κ3) is 1.72. The van der Waals surface area contributed by atoms with Crippen molar-refractivity contribution in [1.29, 1.82) is 0 Å². The molecule has 0 aliphatic rings. The van der Waals surface area contributed by atoms with E-state index in [-0.39, 0.29) is 5.82 Å². The molecule has 0 amide bonds. The summed E-state index contributed by atoms with van der Waals surface area (Å²) in [5.74, 6) is 0.300. The van der Waals surface area contributed by atoms with Crippen molar-refractivity contribution in [2.45, 2.75) is 6.04 Å². The molecule has 0 saturated carbocycles. The lowest BCUT2D eigenvalue weighted by molar-refractivity contribution is 0.517. The fraction of sp³-hybridized carbons (Fsp3) is 0.0769. The Morgan fingerprint density at radius 2 is 2.06 bits per heavy atom. The van der Waals surface area contributed by atoms with Crippen LogP contribution in [0.1, 0.15) is 17.4 Å². The minimum absolute atomic E-state index is 0.290. The molecule has 3 aromatic rings. The van der Waals surface area contributed by atoms with Crippen LogP contribution in [0.15, 0.2) is 51.7 Å². The Morgan fingerprint density at radius 1 is 1.18 bits per heavy atom. The van der Waals surface area contributed by atoms with E-state index in [4.69, 9.17) is 14.6 Å². The van der Waals surface area contributed by atoms with Gasteiger partial charge in [0.05, 0.1) is 18.6 Å². The van der Waals surface area contributed by atoms with Crippen LogP contribution in [0.4, 0.5) is 4.39 Å². The van der Waals surface area contributed by atoms with Gasteiger partial charge in [-0.2, -0.15) is 0 Å². The van der Waals surface area contributed by atoms with E-state index < -0.39 is 6.04 Å². The number of nitrogens with two attached hydrogens (primary N) is 1. The molecule has 1 atom stereocenters. The number of hydrogen-bond donors (Lipinski definition) is 1. The van der Waals surface area contributed by atoms with Crippen molar-refractivity contribution in [3.8, 4) is 0 Å². The summed E-state index contributed by atoms with van der Waals surface area (Å²) in [7, 11) is 0. The number of halogens is 1. The molecule has 0 spiro atoms. The van der Waals surface area contributed by atoms with Crippen molar-refractivity contribution >= 4 is 11.0 Å². The second-order valence-electron chi connectivity index (χ2n) is 3.87. The summed E-state index contributed by atoms with van der Waals surface area (Å²) in [5, 5.41) is 0.707. The summed E-state index contributed by atoms with van der Waals surface area (Å²) in [6.45, 7) is 0. The van der Waals surface area contributed by atoms with Crippen LogP contribution in [-0.2, 0) is 0 Å². The largest absolute Gasteiger partial charge is 0.472 e. The Kier molecular flexibility index (Phi) is 2.23. The molecule has 1 unspecified atom stereocenters. The van der Waals surface area contributed by atoms with Crippen LogP contribution in [0, 0.1) is 5.82 Å². The smallest absolute Gasteiger partial charge is 0.134 e. The van der Waals surface area contributed by atoms with Crippen LogP contribution in [0.5, 0.6) is 0 Å². The molecule has 3 nitrogen and oxygen atoms in total. The molecule has 0 saturated heterocycles. The normalized spacial score (nSPS) is 13.1. The average Bonchev–Trinajstić information content (AvgIpc) is 2.96. The summed E-state index contributed by atoms with van der Waals surface area (Å²) < 4.78 is 23.6. The standard InChI is InChI=1S/C13H10FNO2/c14-10-1-2-11-9(5-10)6-12(17-11)13(15)8-3-4-16-7-8/h1-7,13H,15H2. The minimum atomic E-state index is -0.399. The molecule has 4 heteroatoms. The molecule has 0 radical (unpaired) electrons. The summed E-state index contributed by atoms with van der Waals surface area (Å²) in [6, 6.07) is 7.50. The maximum Gasteiger partial charge on any atom is 0.134 e. The third-order valence-electron chi connectivity index (χ3n) is 2.71. The second-order valence-corrected chi connectivity index (χ2v) is 3.87. The lowest BCUT2D eigenvalue weighted by atomic mass is 10.1. The van der Waals surface area contributed by atoms with Gasteiger partial charge in [-0.25, -0.2) is 4.39 Å². The fourth-order valence-electron chi connectivity index (χ4n) is 1.80. The van der Waals surface area contributed by atoms with E-state index in [1.54, 1.807) is 30.7 Å². The summed E-state index contributed by atoms with van der Waals surface area (Å²) in [5.41, 5.74) is 7.46.